The summed E-state index contributed by atoms with van der Waals surface area (Å²) in [7, 11) is 1.04. The van der Waals surface area contributed by atoms with E-state index in [0.29, 0.717) is 0 Å². The largest absolute Gasteiger partial charge is 0.491 e. The minimum Gasteiger partial charge on any atom is -0.491 e. The van der Waals surface area contributed by atoms with Gasteiger partial charge in [0.05, 0.1) is 10.7 Å². The van der Waals surface area contributed by atoms with Gasteiger partial charge >= 0.3 is 0 Å². The summed E-state index contributed by atoms with van der Waals surface area (Å²) in [6.45, 7) is -7.59. The number of benzene rings is 1. The highest BCUT2D eigenvalue weighted by molar-refractivity contribution is 5.27. The Kier molecular flexibility index (Phi) is 3.08. The molecule has 2 atom stereocenters. The molecule has 4 heteroatoms. The van der Waals surface area contributed by atoms with Crippen LogP contribution >= 0.6 is 0 Å². The summed E-state index contributed by atoms with van der Waals surface area (Å²) < 4.78 is 85.9. The Morgan fingerprint density at radius 1 is 1.47 bits per heavy atom. The minimum absolute atomic E-state index is 0.0404. The zero-order valence-electron chi connectivity index (χ0n) is 20.9. The maximum absolute atomic E-state index is 10.1. The lowest BCUT2D eigenvalue weighted by atomic mass is 10.1. The van der Waals surface area contributed by atoms with E-state index in [0.717, 1.165) is 7.11 Å². The molecule has 19 heavy (non-hydrogen) atoms. The zero-order valence-corrected chi connectivity index (χ0v) is 10.9. The van der Waals surface area contributed by atoms with Crippen LogP contribution in [0.4, 0.5) is 0 Å². The van der Waals surface area contributed by atoms with E-state index in [2.05, 4.69) is 10.1 Å². The number of rotatable bonds is 9. The van der Waals surface area contributed by atoms with Crippen LogP contribution in [0.2, 0.25) is 0 Å². The standard InChI is InChI=1S/C15H25NO3/c1-12(2)16-10-14(17)11-19-15-6-4-13(5-7-15)8-9-18-3/h4-7,12,14,16-17H,8-11H2,1-3H3/i1D3,8D2,9D2,10D2,14D. The molecule has 0 heterocycles. The Morgan fingerprint density at radius 3 is 2.84 bits per heavy atom. The van der Waals surface area contributed by atoms with Gasteiger partial charge < -0.3 is 19.9 Å². The second-order valence-corrected chi connectivity index (χ2v) is 3.68. The average Bonchev–Trinajstić information content (AvgIpc) is 2.58. The fourth-order valence-corrected chi connectivity index (χ4v) is 1.12. The molecule has 0 radical (unpaired) electrons. The molecule has 0 aromatic heterocycles. The Labute approximate surface area is 129 Å². The van der Waals surface area contributed by atoms with Crippen LogP contribution in [0.3, 0.4) is 0 Å². The van der Waals surface area contributed by atoms with Crippen molar-refractivity contribution < 1.29 is 28.3 Å². The van der Waals surface area contributed by atoms with Gasteiger partial charge in [-0.3, -0.25) is 0 Å². The summed E-state index contributed by atoms with van der Waals surface area (Å²) in [6.07, 6.45) is -5.31. The number of aryl methyl sites for hydroxylation is 1. The van der Waals surface area contributed by atoms with Crippen molar-refractivity contribution >= 4 is 0 Å². The second-order valence-electron chi connectivity index (χ2n) is 3.68. The van der Waals surface area contributed by atoms with Crippen molar-refractivity contribution in [2.45, 2.75) is 32.3 Å². The summed E-state index contributed by atoms with van der Waals surface area (Å²) in [5, 5.41) is 12.2. The van der Waals surface area contributed by atoms with Crippen LogP contribution in [0.25, 0.3) is 0 Å². The molecule has 0 aliphatic rings. The van der Waals surface area contributed by atoms with Crippen molar-refractivity contribution in [1.82, 2.24) is 5.32 Å². The van der Waals surface area contributed by atoms with Crippen molar-refractivity contribution in [3.05, 3.63) is 29.8 Å². The Morgan fingerprint density at radius 2 is 2.21 bits per heavy atom. The first-order valence-electron chi connectivity index (χ1n) is 10.7. The third-order valence-corrected chi connectivity index (χ3v) is 1.96. The van der Waals surface area contributed by atoms with Crippen molar-refractivity contribution in [3.8, 4) is 5.75 Å². The molecule has 0 aliphatic heterocycles. The fraction of sp³-hybridized carbons (Fsp3) is 0.600. The number of methoxy groups -OCH3 is 1. The smallest absolute Gasteiger partial charge is 0.119 e. The average molecular weight is 277 g/mol. The summed E-state index contributed by atoms with van der Waals surface area (Å²) in [4.78, 5) is 0. The third-order valence-electron chi connectivity index (χ3n) is 1.96. The molecule has 1 aromatic rings. The van der Waals surface area contributed by atoms with Crippen molar-refractivity contribution in [1.29, 1.82) is 0 Å². The number of ether oxygens (including phenoxy) is 2. The molecule has 108 valence electrons. The third kappa shape index (κ3) is 7.15. The molecule has 0 saturated carbocycles. The SMILES string of the molecule is [2H]C([2H])([2H])C(C)NC([2H])([2H])C([2H])(O)COc1ccc(C([2H])([2H])C([2H])([2H])OC)cc1. The highest BCUT2D eigenvalue weighted by Gasteiger charge is 2.05. The summed E-state index contributed by atoms with van der Waals surface area (Å²) >= 11 is 0. The van der Waals surface area contributed by atoms with E-state index in [1.807, 2.05) is 0 Å². The second kappa shape index (κ2) is 8.91. The van der Waals surface area contributed by atoms with E-state index in [9.17, 15) is 5.11 Å². The van der Waals surface area contributed by atoms with E-state index in [4.69, 9.17) is 18.4 Å². The lowest BCUT2D eigenvalue weighted by molar-refractivity contribution is 0.104. The van der Waals surface area contributed by atoms with Gasteiger partial charge in [0.25, 0.3) is 0 Å². The monoisotopic (exact) mass is 277 g/mol. The van der Waals surface area contributed by atoms with Gasteiger partial charge in [-0.1, -0.05) is 25.9 Å². The quantitative estimate of drug-likeness (QED) is 0.720. The molecule has 0 aliphatic carbocycles. The lowest BCUT2D eigenvalue weighted by Crippen LogP contribution is -2.35. The van der Waals surface area contributed by atoms with Crippen LogP contribution in [0.5, 0.6) is 5.75 Å². The highest BCUT2D eigenvalue weighted by atomic mass is 16.5. The Balaban J connectivity index is 2.87. The van der Waals surface area contributed by atoms with Crippen LogP contribution < -0.4 is 10.1 Å². The van der Waals surface area contributed by atoms with Gasteiger partial charge in [0.1, 0.15) is 18.4 Å². The first-order chi connectivity index (χ1) is 12.9. The highest BCUT2D eigenvalue weighted by Crippen LogP contribution is 2.12. The predicted octanol–water partition coefficient (Wildman–Crippen LogP) is 1.61. The fourth-order valence-electron chi connectivity index (χ4n) is 1.12. The summed E-state index contributed by atoms with van der Waals surface area (Å²) in [6, 6.07) is 3.68. The molecule has 0 saturated heterocycles. The van der Waals surface area contributed by atoms with Crippen molar-refractivity contribution in [2.75, 3.05) is 26.8 Å². The first-order valence-corrected chi connectivity index (χ1v) is 5.66. The van der Waals surface area contributed by atoms with E-state index < -0.39 is 45.0 Å². The molecule has 0 fully saturated rings. The van der Waals surface area contributed by atoms with E-state index in [1.54, 1.807) is 0 Å². The van der Waals surface area contributed by atoms with Crippen LogP contribution in [0.1, 0.15) is 33.0 Å². The molecule has 1 rings (SSSR count). The molecule has 2 N–H and O–H groups in total. The van der Waals surface area contributed by atoms with E-state index in [1.165, 1.54) is 31.2 Å². The molecule has 4 nitrogen and oxygen atoms in total. The van der Waals surface area contributed by atoms with Crippen LogP contribution in [0.15, 0.2) is 24.3 Å². The minimum atomic E-state index is -2.84. The first kappa shape index (κ1) is 6.57. The van der Waals surface area contributed by atoms with Gasteiger partial charge in [-0.15, -0.1) is 0 Å². The van der Waals surface area contributed by atoms with Crippen molar-refractivity contribution in [2.24, 2.45) is 0 Å². The normalized spacial score (nSPS) is 26.5. The van der Waals surface area contributed by atoms with E-state index in [-0.39, 0.29) is 11.3 Å². The van der Waals surface area contributed by atoms with Crippen molar-refractivity contribution in [3.63, 3.8) is 0 Å². The van der Waals surface area contributed by atoms with Gasteiger partial charge in [-0.25, -0.2) is 0 Å². The topological polar surface area (TPSA) is 50.7 Å². The molecule has 0 bridgehead atoms. The summed E-state index contributed by atoms with van der Waals surface area (Å²) in [5.74, 6) is 0.0628. The molecule has 2 unspecified atom stereocenters. The van der Waals surface area contributed by atoms with Gasteiger partial charge in [-0.05, 0) is 24.1 Å². The summed E-state index contributed by atoms with van der Waals surface area (Å²) in [5.41, 5.74) is -0.0404. The van der Waals surface area contributed by atoms with Crippen LogP contribution in [-0.4, -0.2) is 44.0 Å². The Bertz CT molecular complexity index is 676. The van der Waals surface area contributed by atoms with Gasteiger partial charge in [0.15, 0.2) is 0 Å². The molecular weight excluding hydrogens is 242 g/mol. The van der Waals surface area contributed by atoms with Gasteiger partial charge in [0.2, 0.25) is 0 Å². The lowest BCUT2D eigenvalue weighted by Gasteiger charge is -2.15. The molecule has 1 aromatic carbocycles. The van der Waals surface area contributed by atoms with E-state index >= 15 is 0 Å². The number of hydrogen-bond acceptors (Lipinski definition) is 4. The van der Waals surface area contributed by atoms with Crippen LogP contribution in [-0.2, 0) is 11.1 Å². The maximum atomic E-state index is 10.1. The number of nitrogens with one attached hydrogen (secondary N) is 1. The van der Waals surface area contributed by atoms with Gasteiger partial charge in [0, 0.05) is 29.2 Å². The predicted molar refractivity (Wildman–Crippen MR) is 76.7 cm³/mol. The Hall–Kier alpha value is -1.10. The zero-order chi connectivity index (χ0) is 22.9. The maximum Gasteiger partial charge on any atom is 0.119 e. The molecular formula is C15H25NO3. The van der Waals surface area contributed by atoms with Gasteiger partial charge in [-0.2, -0.15) is 0 Å². The van der Waals surface area contributed by atoms with Crippen LogP contribution in [0, 0.1) is 0 Å². The number of aliphatic hydroxyl groups is 1. The molecule has 0 spiro atoms. The number of hydrogen-bond donors (Lipinski definition) is 2. The molecule has 0 amide bonds.